The highest BCUT2D eigenvalue weighted by Crippen LogP contribution is 2.47. The Bertz CT molecular complexity index is 559. The molecule has 1 spiro atoms. The van der Waals surface area contributed by atoms with Gasteiger partial charge in [-0.1, -0.05) is 0 Å². The van der Waals surface area contributed by atoms with E-state index in [0.717, 1.165) is 5.56 Å². The molecule has 7 nitrogen and oxygen atoms in total. The molecular formula is C18H26O7. The Morgan fingerprint density at radius 1 is 0.960 bits per heavy atom. The monoisotopic (exact) mass is 354 g/mol. The molecule has 1 aliphatic heterocycles. The molecule has 1 N–H and O–H groups in total. The van der Waals surface area contributed by atoms with Crippen molar-refractivity contribution in [3.63, 3.8) is 0 Å². The summed E-state index contributed by atoms with van der Waals surface area (Å²) in [6.45, 7) is 1.47. The molecule has 1 aromatic carbocycles. The lowest BCUT2D eigenvalue weighted by Gasteiger charge is -2.41. The molecule has 2 fully saturated rings. The molecule has 1 heterocycles. The normalized spacial score (nSPS) is 21.4. The largest absolute Gasteiger partial charge is 0.467 e. The van der Waals surface area contributed by atoms with Crippen LogP contribution in [-0.2, 0) is 24.5 Å². The zero-order valence-electron chi connectivity index (χ0n) is 14.8. The van der Waals surface area contributed by atoms with Gasteiger partial charge in [-0.15, -0.1) is 0 Å². The van der Waals surface area contributed by atoms with Crippen molar-refractivity contribution in [3.8, 4) is 11.5 Å². The van der Waals surface area contributed by atoms with Gasteiger partial charge in [-0.25, -0.2) is 0 Å². The molecule has 0 aromatic heterocycles. The van der Waals surface area contributed by atoms with Crippen LogP contribution in [-0.4, -0.2) is 51.9 Å². The van der Waals surface area contributed by atoms with E-state index in [2.05, 4.69) is 0 Å². The highest BCUT2D eigenvalue weighted by molar-refractivity contribution is 5.44. The Morgan fingerprint density at radius 2 is 1.60 bits per heavy atom. The lowest BCUT2D eigenvalue weighted by Crippen LogP contribution is -2.42. The minimum Gasteiger partial charge on any atom is -0.467 e. The minimum atomic E-state index is -0.997. The van der Waals surface area contributed by atoms with Crippen LogP contribution >= 0.6 is 0 Å². The van der Waals surface area contributed by atoms with Gasteiger partial charge in [0, 0.05) is 38.7 Å². The van der Waals surface area contributed by atoms with E-state index in [1.165, 1.54) is 0 Å². The lowest BCUT2D eigenvalue weighted by atomic mass is 9.76. The lowest BCUT2D eigenvalue weighted by molar-refractivity contribution is -0.204. The number of ether oxygens (including phenoxy) is 6. The van der Waals surface area contributed by atoms with Gasteiger partial charge in [0.25, 0.3) is 0 Å². The van der Waals surface area contributed by atoms with E-state index in [-0.39, 0.29) is 13.6 Å². The fourth-order valence-corrected chi connectivity index (χ4v) is 3.45. The highest BCUT2D eigenvalue weighted by Gasteiger charge is 2.47. The van der Waals surface area contributed by atoms with Crippen molar-refractivity contribution in [3.05, 3.63) is 23.8 Å². The zero-order valence-corrected chi connectivity index (χ0v) is 14.8. The van der Waals surface area contributed by atoms with E-state index in [0.29, 0.717) is 50.4 Å². The van der Waals surface area contributed by atoms with Crippen molar-refractivity contribution in [1.29, 1.82) is 0 Å². The van der Waals surface area contributed by atoms with Crippen molar-refractivity contribution in [2.45, 2.75) is 37.1 Å². The number of methoxy groups -OCH3 is 2. The van der Waals surface area contributed by atoms with E-state index in [1.807, 2.05) is 6.07 Å². The predicted molar refractivity (Wildman–Crippen MR) is 88.4 cm³/mol. The summed E-state index contributed by atoms with van der Waals surface area (Å²) in [6, 6.07) is 5.39. The summed E-state index contributed by atoms with van der Waals surface area (Å²) in [5.74, 6) is 0.624. The van der Waals surface area contributed by atoms with Crippen molar-refractivity contribution in [2.24, 2.45) is 0 Å². The van der Waals surface area contributed by atoms with E-state index in [1.54, 1.807) is 26.4 Å². The third kappa shape index (κ3) is 4.07. The zero-order chi connectivity index (χ0) is 17.8. The third-order valence-corrected chi connectivity index (χ3v) is 4.78. The Labute approximate surface area is 147 Å². The van der Waals surface area contributed by atoms with Crippen LogP contribution in [0.1, 0.15) is 31.2 Å². The van der Waals surface area contributed by atoms with Crippen molar-refractivity contribution >= 4 is 0 Å². The van der Waals surface area contributed by atoms with Gasteiger partial charge in [-0.3, -0.25) is 0 Å². The van der Waals surface area contributed by atoms with Crippen LogP contribution in [0.25, 0.3) is 0 Å². The molecule has 2 aliphatic rings. The van der Waals surface area contributed by atoms with Gasteiger partial charge in [-0.05, 0) is 25.0 Å². The van der Waals surface area contributed by atoms with Crippen molar-refractivity contribution in [1.82, 2.24) is 0 Å². The SMILES string of the molecule is COCOc1ccc(C2(O)CCC3(CC2)OCCO3)c(OCOC)c1. The van der Waals surface area contributed by atoms with Gasteiger partial charge in [0.1, 0.15) is 11.5 Å². The fraction of sp³-hybridized carbons (Fsp3) is 0.667. The third-order valence-electron chi connectivity index (χ3n) is 4.78. The Morgan fingerprint density at radius 3 is 2.24 bits per heavy atom. The Hall–Kier alpha value is -1.38. The van der Waals surface area contributed by atoms with E-state index >= 15 is 0 Å². The maximum absolute atomic E-state index is 11.2. The molecule has 0 atom stereocenters. The predicted octanol–water partition coefficient (Wildman–Crippen LogP) is 2.16. The van der Waals surface area contributed by atoms with Crippen LogP contribution in [0.3, 0.4) is 0 Å². The molecule has 7 heteroatoms. The summed E-state index contributed by atoms with van der Waals surface area (Å²) in [7, 11) is 3.11. The smallest absolute Gasteiger partial charge is 0.188 e. The topological polar surface area (TPSA) is 75.6 Å². The second-order valence-corrected chi connectivity index (χ2v) is 6.40. The van der Waals surface area contributed by atoms with Gasteiger partial charge in [0.05, 0.1) is 18.8 Å². The van der Waals surface area contributed by atoms with Crippen LogP contribution < -0.4 is 9.47 Å². The second kappa shape index (κ2) is 7.88. The van der Waals surface area contributed by atoms with Gasteiger partial charge in [0.15, 0.2) is 19.4 Å². The molecular weight excluding hydrogens is 328 g/mol. The van der Waals surface area contributed by atoms with Gasteiger partial charge in [0.2, 0.25) is 0 Å². The van der Waals surface area contributed by atoms with Crippen LogP contribution in [0, 0.1) is 0 Å². The standard InChI is InChI=1S/C18H26O7/c1-20-12-22-14-3-4-15(16(11-14)23-13-21-2)17(19)5-7-18(8-6-17)24-9-10-25-18/h3-4,11,19H,5-10,12-13H2,1-2H3. The fourth-order valence-electron chi connectivity index (χ4n) is 3.45. The summed E-state index contributed by atoms with van der Waals surface area (Å²) < 4.78 is 32.6. The van der Waals surface area contributed by atoms with Crippen LogP contribution in [0.15, 0.2) is 18.2 Å². The maximum atomic E-state index is 11.2. The molecule has 0 amide bonds. The summed E-state index contributed by atoms with van der Waals surface area (Å²) >= 11 is 0. The first-order chi connectivity index (χ1) is 12.1. The van der Waals surface area contributed by atoms with Crippen LogP contribution in [0.5, 0.6) is 11.5 Å². The average molecular weight is 354 g/mol. The summed E-state index contributed by atoms with van der Waals surface area (Å²) in [4.78, 5) is 0. The average Bonchev–Trinajstić information content (AvgIpc) is 3.10. The number of rotatable bonds is 7. The van der Waals surface area contributed by atoms with Gasteiger partial charge >= 0.3 is 0 Å². The molecule has 0 bridgehead atoms. The summed E-state index contributed by atoms with van der Waals surface area (Å²) in [5.41, 5.74) is -0.272. The molecule has 3 rings (SSSR count). The van der Waals surface area contributed by atoms with Gasteiger partial charge < -0.3 is 33.5 Å². The molecule has 1 saturated heterocycles. The Kier molecular flexibility index (Phi) is 5.81. The van der Waals surface area contributed by atoms with Gasteiger partial charge in [-0.2, -0.15) is 0 Å². The maximum Gasteiger partial charge on any atom is 0.188 e. The first kappa shape index (κ1) is 18.4. The van der Waals surface area contributed by atoms with E-state index in [9.17, 15) is 5.11 Å². The Balaban J connectivity index is 1.79. The van der Waals surface area contributed by atoms with Crippen molar-refractivity contribution in [2.75, 3.05) is 41.0 Å². The van der Waals surface area contributed by atoms with E-state index < -0.39 is 11.4 Å². The highest BCUT2D eigenvalue weighted by atomic mass is 16.7. The first-order valence-electron chi connectivity index (χ1n) is 8.49. The second-order valence-electron chi connectivity index (χ2n) is 6.40. The molecule has 25 heavy (non-hydrogen) atoms. The molecule has 1 aliphatic carbocycles. The minimum absolute atomic E-state index is 0.0902. The number of benzene rings is 1. The van der Waals surface area contributed by atoms with Crippen LogP contribution in [0.4, 0.5) is 0 Å². The summed E-state index contributed by atoms with van der Waals surface area (Å²) in [5, 5.41) is 11.2. The number of aliphatic hydroxyl groups is 1. The molecule has 1 saturated carbocycles. The molecule has 140 valence electrons. The van der Waals surface area contributed by atoms with Crippen molar-refractivity contribution < 1.29 is 33.5 Å². The van der Waals surface area contributed by atoms with Crippen LogP contribution in [0.2, 0.25) is 0 Å². The molecule has 0 unspecified atom stereocenters. The molecule has 1 aromatic rings. The molecule has 0 radical (unpaired) electrons. The quantitative estimate of drug-likeness (QED) is 0.752. The number of hydrogen-bond acceptors (Lipinski definition) is 7. The summed E-state index contributed by atoms with van der Waals surface area (Å²) in [6.07, 6.45) is 2.37. The van der Waals surface area contributed by atoms with E-state index in [4.69, 9.17) is 28.4 Å². The first-order valence-corrected chi connectivity index (χ1v) is 8.49. The number of hydrogen-bond donors (Lipinski definition) is 1.